The van der Waals surface area contributed by atoms with Crippen LogP contribution in [0, 0.1) is 0 Å². The van der Waals surface area contributed by atoms with Gasteiger partial charge in [0.25, 0.3) is 0 Å². The lowest BCUT2D eigenvalue weighted by Gasteiger charge is -2.09. The molecule has 134 valence electrons. The number of methoxy groups -OCH3 is 1. The Morgan fingerprint density at radius 1 is 1.35 bits per heavy atom. The average molecular weight is 392 g/mol. The van der Waals surface area contributed by atoms with Crippen molar-refractivity contribution in [1.29, 1.82) is 0 Å². The molecule has 0 saturated heterocycles. The number of nitrogens with zero attached hydrogens (tertiary/aromatic N) is 4. The second kappa shape index (κ2) is 8.07. The number of phenols is 1. The minimum atomic E-state index is -0.331. The molecule has 10 heteroatoms. The quantitative estimate of drug-likeness (QED) is 0.492. The summed E-state index contributed by atoms with van der Waals surface area (Å²) in [6.07, 6.45) is 0. The first-order chi connectivity index (χ1) is 12.6. The zero-order valence-corrected chi connectivity index (χ0v) is 15.2. The van der Waals surface area contributed by atoms with Gasteiger partial charge < -0.3 is 15.2 Å². The van der Waals surface area contributed by atoms with Crippen molar-refractivity contribution in [3.8, 4) is 17.2 Å². The number of amides is 1. The summed E-state index contributed by atoms with van der Waals surface area (Å²) in [5, 5.41) is 24.7. The molecule has 1 amide bonds. The molecule has 3 aromatic rings. The van der Waals surface area contributed by atoms with Crippen LogP contribution < -0.4 is 10.1 Å². The van der Waals surface area contributed by atoms with E-state index in [1.54, 1.807) is 13.2 Å². The smallest absolute Gasteiger partial charge is 0.234 e. The maximum atomic E-state index is 12.2. The number of benzene rings is 2. The fourth-order valence-electron chi connectivity index (χ4n) is 2.15. The molecule has 0 aliphatic rings. The lowest BCUT2D eigenvalue weighted by Crippen LogP contribution is -2.14. The van der Waals surface area contributed by atoms with Gasteiger partial charge in [-0.15, -0.1) is 5.10 Å². The number of halogens is 1. The van der Waals surface area contributed by atoms with Gasteiger partial charge in [-0.25, -0.2) is 0 Å². The van der Waals surface area contributed by atoms with Gasteiger partial charge in [-0.2, -0.15) is 4.68 Å². The molecule has 0 aliphatic carbocycles. The van der Waals surface area contributed by atoms with Crippen LogP contribution in [-0.2, 0) is 4.79 Å². The molecule has 0 saturated carbocycles. The van der Waals surface area contributed by atoms with E-state index in [-0.39, 0.29) is 23.1 Å². The predicted octanol–water partition coefficient (Wildman–Crippen LogP) is 2.76. The summed E-state index contributed by atoms with van der Waals surface area (Å²) >= 11 is 7.02. The number of hydrogen-bond acceptors (Lipinski definition) is 7. The summed E-state index contributed by atoms with van der Waals surface area (Å²) in [5.41, 5.74) is 0.905. The van der Waals surface area contributed by atoms with E-state index in [9.17, 15) is 9.90 Å². The van der Waals surface area contributed by atoms with Crippen LogP contribution in [0.2, 0.25) is 5.02 Å². The molecule has 0 spiro atoms. The summed E-state index contributed by atoms with van der Waals surface area (Å²) in [6.45, 7) is 0. The molecule has 0 radical (unpaired) electrons. The second-order valence-electron chi connectivity index (χ2n) is 5.04. The number of tetrazole rings is 1. The Hall–Kier alpha value is -2.78. The van der Waals surface area contributed by atoms with Crippen LogP contribution >= 0.6 is 23.4 Å². The fraction of sp³-hybridized carbons (Fsp3) is 0.125. The van der Waals surface area contributed by atoms with Gasteiger partial charge in [-0.1, -0.05) is 35.5 Å². The van der Waals surface area contributed by atoms with Gasteiger partial charge in [-0.05, 0) is 40.8 Å². The largest absolute Gasteiger partial charge is 0.506 e. The van der Waals surface area contributed by atoms with E-state index in [0.717, 1.165) is 11.8 Å². The molecule has 3 rings (SSSR count). The Kier molecular flexibility index (Phi) is 5.59. The summed E-state index contributed by atoms with van der Waals surface area (Å²) in [4.78, 5) is 12.2. The molecule has 26 heavy (non-hydrogen) atoms. The van der Waals surface area contributed by atoms with Crippen molar-refractivity contribution in [2.75, 3.05) is 18.2 Å². The Labute approximate surface area is 158 Å². The fourth-order valence-corrected chi connectivity index (χ4v) is 3.01. The Morgan fingerprint density at radius 3 is 2.96 bits per heavy atom. The molecular weight excluding hydrogens is 378 g/mol. The third kappa shape index (κ3) is 4.06. The van der Waals surface area contributed by atoms with E-state index in [0.29, 0.717) is 21.6 Å². The summed E-state index contributed by atoms with van der Waals surface area (Å²) in [7, 11) is 1.56. The minimum absolute atomic E-state index is 0.0431. The molecule has 2 aromatic carbocycles. The first kappa shape index (κ1) is 18.0. The number of aromatic nitrogens is 4. The van der Waals surface area contributed by atoms with Gasteiger partial charge in [0.05, 0.1) is 18.6 Å². The van der Waals surface area contributed by atoms with Gasteiger partial charge in [0.15, 0.2) is 0 Å². The number of aromatic hydroxyl groups is 1. The molecule has 0 atom stereocenters. The molecule has 0 unspecified atom stereocenters. The highest BCUT2D eigenvalue weighted by atomic mass is 35.5. The highest BCUT2D eigenvalue weighted by Gasteiger charge is 2.15. The van der Waals surface area contributed by atoms with E-state index < -0.39 is 0 Å². The van der Waals surface area contributed by atoms with Crippen LogP contribution in [0.25, 0.3) is 5.69 Å². The molecule has 0 bridgehead atoms. The molecule has 0 aliphatic heterocycles. The molecule has 1 heterocycles. The Morgan fingerprint density at radius 2 is 2.15 bits per heavy atom. The van der Waals surface area contributed by atoms with Gasteiger partial charge >= 0.3 is 0 Å². The van der Waals surface area contributed by atoms with Gasteiger partial charge in [0.2, 0.25) is 11.1 Å². The van der Waals surface area contributed by atoms with E-state index in [1.807, 2.05) is 18.2 Å². The van der Waals surface area contributed by atoms with E-state index in [2.05, 4.69) is 20.8 Å². The number of carbonyl (C=O) groups excluding carboxylic acids is 1. The second-order valence-corrected chi connectivity index (χ2v) is 6.42. The highest BCUT2D eigenvalue weighted by molar-refractivity contribution is 7.99. The van der Waals surface area contributed by atoms with Gasteiger partial charge in [0.1, 0.15) is 17.2 Å². The predicted molar refractivity (Wildman–Crippen MR) is 98.2 cm³/mol. The van der Waals surface area contributed by atoms with E-state index in [4.69, 9.17) is 16.3 Å². The van der Waals surface area contributed by atoms with Crippen molar-refractivity contribution < 1.29 is 14.6 Å². The zero-order chi connectivity index (χ0) is 18.5. The third-order valence-corrected chi connectivity index (χ3v) is 4.47. The van der Waals surface area contributed by atoms with Crippen LogP contribution in [0.1, 0.15) is 0 Å². The molecule has 1 aromatic heterocycles. The first-order valence-corrected chi connectivity index (χ1v) is 8.78. The number of para-hydroxylation sites is 2. The van der Waals surface area contributed by atoms with Crippen molar-refractivity contribution in [2.24, 2.45) is 0 Å². The van der Waals surface area contributed by atoms with Crippen LogP contribution in [0.3, 0.4) is 0 Å². The number of rotatable bonds is 6. The first-order valence-electron chi connectivity index (χ1n) is 7.41. The zero-order valence-electron chi connectivity index (χ0n) is 13.6. The number of ether oxygens (including phenoxy) is 1. The van der Waals surface area contributed by atoms with Gasteiger partial charge in [0, 0.05) is 5.02 Å². The van der Waals surface area contributed by atoms with Crippen molar-refractivity contribution in [1.82, 2.24) is 20.2 Å². The number of hydrogen-bond donors (Lipinski definition) is 2. The van der Waals surface area contributed by atoms with Crippen LogP contribution in [0.15, 0.2) is 47.6 Å². The van der Waals surface area contributed by atoms with Gasteiger partial charge in [-0.3, -0.25) is 4.79 Å². The third-order valence-electron chi connectivity index (χ3n) is 3.32. The Balaban J connectivity index is 1.70. The van der Waals surface area contributed by atoms with Crippen LogP contribution in [0.4, 0.5) is 5.69 Å². The SMILES string of the molecule is COc1ccccc1-n1nnnc1SCC(=O)Nc1cc(Cl)ccc1O. The highest BCUT2D eigenvalue weighted by Crippen LogP contribution is 2.28. The average Bonchev–Trinajstić information content (AvgIpc) is 3.11. The lowest BCUT2D eigenvalue weighted by atomic mass is 10.3. The van der Waals surface area contributed by atoms with E-state index >= 15 is 0 Å². The number of thioether (sulfide) groups is 1. The number of carbonyl (C=O) groups is 1. The Bertz CT molecular complexity index is 934. The molecule has 2 N–H and O–H groups in total. The van der Waals surface area contributed by atoms with Crippen molar-refractivity contribution >= 4 is 35.0 Å². The maximum absolute atomic E-state index is 12.2. The molecular formula is C16H14ClN5O3S. The molecule has 0 fully saturated rings. The maximum Gasteiger partial charge on any atom is 0.234 e. The number of anilines is 1. The molecule has 8 nitrogen and oxygen atoms in total. The van der Waals surface area contributed by atoms with Crippen molar-refractivity contribution in [2.45, 2.75) is 5.16 Å². The van der Waals surface area contributed by atoms with Crippen molar-refractivity contribution in [3.05, 3.63) is 47.5 Å². The van der Waals surface area contributed by atoms with Crippen LogP contribution in [-0.4, -0.2) is 44.1 Å². The summed E-state index contributed by atoms with van der Waals surface area (Å²) in [5.74, 6) is 0.255. The summed E-state index contributed by atoms with van der Waals surface area (Å²) in [6, 6.07) is 11.7. The minimum Gasteiger partial charge on any atom is -0.506 e. The lowest BCUT2D eigenvalue weighted by molar-refractivity contribution is -0.113. The standard InChI is InChI=1S/C16H14ClN5O3S/c1-25-14-5-3-2-4-12(14)22-16(19-20-21-22)26-9-15(24)18-11-8-10(17)6-7-13(11)23/h2-8,23H,9H2,1H3,(H,18,24). The number of nitrogens with one attached hydrogen (secondary N) is 1. The van der Waals surface area contributed by atoms with E-state index in [1.165, 1.54) is 22.9 Å². The van der Waals surface area contributed by atoms with Crippen LogP contribution in [0.5, 0.6) is 11.5 Å². The summed E-state index contributed by atoms with van der Waals surface area (Å²) < 4.78 is 6.80. The topological polar surface area (TPSA) is 102 Å². The van der Waals surface area contributed by atoms with Crippen molar-refractivity contribution in [3.63, 3.8) is 0 Å². The normalized spacial score (nSPS) is 10.5. The number of phenolic OH excluding ortho intramolecular Hbond substituents is 1. The monoisotopic (exact) mass is 391 g/mol.